The van der Waals surface area contributed by atoms with Crippen molar-refractivity contribution in [2.45, 2.75) is 69.1 Å². The lowest BCUT2D eigenvalue weighted by molar-refractivity contribution is -0.240. The van der Waals surface area contributed by atoms with Gasteiger partial charge in [-0.2, -0.15) is 13.2 Å². The Bertz CT molecular complexity index is 543. The summed E-state index contributed by atoms with van der Waals surface area (Å²) in [5.41, 5.74) is -0.200. The number of hydroxylamine groups is 2. The maximum atomic E-state index is 12.7. The molecule has 140 valence electrons. The number of alkyl halides is 3. The minimum atomic E-state index is -5.05. The van der Waals surface area contributed by atoms with E-state index in [9.17, 15) is 22.8 Å². The van der Waals surface area contributed by atoms with Gasteiger partial charge in [-0.3, -0.25) is 4.79 Å². The van der Waals surface area contributed by atoms with Gasteiger partial charge in [-0.15, -0.1) is 5.06 Å². The first kappa shape index (κ1) is 17.1. The van der Waals surface area contributed by atoms with Crippen molar-refractivity contribution in [1.29, 1.82) is 0 Å². The second-order valence-corrected chi connectivity index (χ2v) is 8.36. The summed E-state index contributed by atoms with van der Waals surface area (Å²) in [6.45, 7) is 0.154. The lowest BCUT2D eigenvalue weighted by Gasteiger charge is -2.57. The molecule has 1 heterocycles. The molecule has 5 nitrogen and oxygen atoms in total. The minimum absolute atomic E-state index is 0.154. The SMILES string of the molecule is O=C(NC12CC3CC(CC(C3)C1)C2)C1CCCN1OC(=O)C(F)(F)F. The van der Waals surface area contributed by atoms with Crippen molar-refractivity contribution in [3.8, 4) is 0 Å². The quantitative estimate of drug-likeness (QED) is 0.840. The summed E-state index contributed by atoms with van der Waals surface area (Å²) in [6, 6.07) is -0.820. The summed E-state index contributed by atoms with van der Waals surface area (Å²) in [5.74, 6) is -0.575. The van der Waals surface area contributed by atoms with Crippen LogP contribution in [0.25, 0.3) is 0 Å². The van der Waals surface area contributed by atoms with Crippen LogP contribution in [0.2, 0.25) is 0 Å². The molecule has 1 amide bonds. The van der Waals surface area contributed by atoms with Gasteiger partial charge in [0.05, 0.1) is 0 Å². The lowest BCUT2D eigenvalue weighted by Crippen LogP contribution is -2.62. The molecule has 1 unspecified atom stereocenters. The Hall–Kier alpha value is -1.31. The molecule has 25 heavy (non-hydrogen) atoms. The van der Waals surface area contributed by atoms with Crippen LogP contribution >= 0.6 is 0 Å². The molecule has 0 aromatic rings. The summed E-state index contributed by atoms with van der Waals surface area (Å²) in [5, 5.41) is 4.06. The number of carbonyl (C=O) groups is 2. The third-order valence-electron chi connectivity index (χ3n) is 6.36. The molecule has 8 heteroatoms. The zero-order chi connectivity index (χ0) is 17.8. The summed E-state index contributed by atoms with van der Waals surface area (Å²) >= 11 is 0. The van der Waals surface area contributed by atoms with Gasteiger partial charge in [0.25, 0.3) is 0 Å². The fourth-order valence-electron chi connectivity index (χ4n) is 5.88. The summed E-state index contributed by atoms with van der Waals surface area (Å²) < 4.78 is 37.2. The van der Waals surface area contributed by atoms with Crippen LogP contribution in [0.15, 0.2) is 0 Å². The molecule has 1 N–H and O–H groups in total. The van der Waals surface area contributed by atoms with Gasteiger partial charge >= 0.3 is 12.1 Å². The van der Waals surface area contributed by atoms with E-state index in [0.717, 1.165) is 24.3 Å². The van der Waals surface area contributed by atoms with Crippen molar-refractivity contribution in [3.05, 3.63) is 0 Å². The predicted octanol–water partition coefficient (Wildman–Crippen LogP) is 2.56. The highest BCUT2D eigenvalue weighted by atomic mass is 19.4. The van der Waals surface area contributed by atoms with Crippen LogP contribution < -0.4 is 5.32 Å². The third kappa shape index (κ3) is 3.25. The van der Waals surface area contributed by atoms with Crippen molar-refractivity contribution in [3.63, 3.8) is 0 Å². The largest absolute Gasteiger partial charge is 0.492 e. The first-order valence-electron chi connectivity index (χ1n) is 9.12. The molecular formula is C17H23F3N2O3. The van der Waals surface area contributed by atoms with Gasteiger partial charge in [0.1, 0.15) is 6.04 Å². The highest BCUT2D eigenvalue weighted by Crippen LogP contribution is 2.55. The van der Waals surface area contributed by atoms with E-state index in [1.165, 1.54) is 19.3 Å². The predicted molar refractivity (Wildman–Crippen MR) is 80.9 cm³/mol. The van der Waals surface area contributed by atoms with E-state index in [1.54, 1.807) is 0 Å². The van der Waals surface area contributed by atoms with Crippen molar-refractivity contribution in [2.24, 2.45) is 17.8 Å². The normalized spacial score (nSPS) is 40.3. The second-order valence-electron chi connectivity index (χ2n) is 8.36. The van der Waals surface area contributed by atoms with E-state index in [2.05, 4.69) is 10.2 Å². The molecule has 4 saturated carbocycles. The smallest absolute Gasteiger partial charge is 0.360 e. The number of carbonyl (C=O) groups excluding carboxylic acids is 2. The Morgan fingerprint density at radius 2 is 1.60 bits per heavy atom. The number of amides is 1. The van der Waals surface area contributed by atoms with Gasteiger partial charge in [-0.25, -0.2) is 4.79 Å². The van der Waals surface area contributed by atoms with E-state index in [-0.39, 0.29) is 18.0 Å². The molecule has 1 saturated heterocycles. The minimum Gasteiger partial charge on any atom is -0.360 e. The van der Waals surface area contributed by atoms with E-state index in [1.807, 2.05) is 0 Å². The Morgan fingerprint density at radius 1 is 1.04 bits per heavy atom. The fourth-order valence-corrected chi connectivity index (χ4v) is 5.88. The zero-order valence-electron chi connectivity index (χ0n) is 14.0. The van der Waals surface area contributed by atoms with Crippen molar-refractivity contribution in [2.75, 3.05) is 6.54 Å². The van der Waals surface area contributed by atoms with Crippen LogP contribution in [0.4, 0.5) is 13.2 Å². The molecule has 0 aromatic heterocycles. The van der Waals surface area contributed by atoms with Gasteiger partial charge in [0.15, 0.2) is 0 Å². The monoisotopic (exact) mass is 360 g/mol. The first-order chi connectivity index (χ1) is 11.7. The maximum absolute atomic E-state index is 12.7. The van der Waals surface area contributed by atoms with E-state index < -0.39 is 18.2 Å². The topological polar surface area (TPSA) is 58.6 Å². The second kappa shape index (κ2) is 5.86. The Kier molecular flexibility index (Phi) is 4.01. The highest BCUT2D eigenvalue weighted by Gasteiger charge is 2.52. The number of nitrogens with zero attached hydrogens (tertiary/aromatic N) is 1. The van der Waals surface area contributed by atoms with E-state index in [4.69, 9.17) is 0 Å². The first-order valence-corrected chi connectivity index (χ1v) is 9.12. The van der Waals surface area contributed by atoms with Crippen LogP contribution in [0.3, 0.4) is 0 Å². The van der Waals surface area contributed by atoms with Crippen molar-refractivity contribution >= 4 is 11.9 Å². The molecule has 1 atom stereocenters. The molecule has 5 fully saturated rings. The maximum Gasteiger partial charge on any atom is 0.492 e. The molecule has 1 aliphatic heterocycles. The third-order valence-corrected chi connectivity index (χ3v) is 6.36. The number of halogens is 3. The molecule has 5 rings (SSSR count). The summed E-state index contributed by atoms with van der Waals surface area (Å²) in [4.78, 5) is 28.3. The van der Waals surface area contributed by atoms with Gasteiger partial charge in [-0.1, -0.05) is 0 Å². The van der Waals surface area contributed by atoms with E-state index >= 15 is 0 Å². The van der Waals surface area contributed by atoms with Crippen molar-refractivity contribution in [1.82, 2.24) is 10.4 Å². The Labute approximate surface area is 144 Å². The van der Waals surface area contributed by atoms with Gasteiger partial charge in [0, 0.05) is 12.1 Å². The lowest BCUT2D eigenvalue weighted by atomic mass is 9.53. The van der Waals surface area contributed by atoms with Gasteiger partial charge in [0.2, 0.25) is 5.91 Å². The zero-order valence-corrected chi connectivity index (χ0v) is 14.0. The average molecular weight is 360 g/mol. The van der Waals surface area contributed by atoms with Crippen LogP contribution in [0, 0.1) is 17.8 Å². The van der Waals surface area contributed by atoms with Crippen molar-refractivity contribution < 1.29 is 27.6 Å². The van der Waals surface area contributed by atoms with Crippen LogP contribution in [0.1, 0.15) is 51.4 Å². The van der Waals surface area contributed by atoms with Gasteiger partial charge < -0.3 is 10.2 Å². The average Bonchev–Trinajstić information content (AvgIpc) is 2.92. The highest BCUT2D eigenvalue weighted by molar-refractivity contribution is 5.83. The number of hydrogen-bond acceptors (Lipinski definition) is 4. The Morgan fingerprint density at radius 3 is 2.12 bits per heavy atom. The summed E-state index contributed by atoms with van der Waals surface area (Å²) in [6.07, 6.45) is 2.53. The molecule has 4 aliphatic carbocycles. The molecule has 0 aromatic carbocycles. The Balaban J connectivity index is 1.41. The number of nitrogens with one attached hydrogen (secondary N) is 1. The standard InChI is InChI=1S/C17H23F3N2O3/c18-17(19,20)15(24)25-22-3-1-2-13(22)14(23)21-16-7-10-4-11(8-16)6-12(5-10)9-16/h10-13H,1-9H2,(H,21,23). The van der Waals surface area contributed by atoms with Crippen LogP contribution in [0.5, 0.6) is 0 Å². The fraction of sp³-hybridized carbons (Fsp3) is 0.882. The van der Waals surface area contributed by atoms with Gasteiger partial charge in [-0.05, 0) is 69.1 Å². The van der Waals surface area contributed by atoms with Crippen LogP contribution in [-0.4, -0.2) is 41.2 Å². The number of rotatable bonds is 3. The summed E-state index contributed by atoms with van der Waals surface area (Å²) in [7, 11) is 0. The van der Waals surface area contributed by atoms with E-state index in [0.29, 0.717) is 30.6 Å². The number of hydrogen-bond donors (Lipinski definition) is 1. The molecule has 0 radical (unpaired) electrons. The molecular weight excluding hydrogens is 337 g/mol. The van der Waals surface area contributed by atoms with Crippen LogP contribution in [-0.2, 0) is 14.4 Å². The molecule has 0 spiro atoms. The molecule has 4 bridgehead atoms. The molecule has 5 aliphatic rings.